The molecule has 1 aliphatic heterocycles. The van der Waals surface area contributed by atoms with Gasteiger partial charge in [-0.25, -0.2) is 0 Å². The van der Waals surface area contributed by atoms with Gasteiger partial charge in [0.1, 0.15) is 0 Å². The Bertz CT molecular complexity index is 85.3. The molecule has 2 heteroatoms. The van der Waals surface area contributed by atoms with E-state index < -0.39 is 0 Å². The van der Waals surface area contributed by atoms with Crippen molar-refractivity contribution in [1.82, 2.24) is 5.32 Å². The molecule has 1 aliphatic rings. The van der Waals surface area contributed by atoms with Crippen molar-refractivity contribution in [1.29, 1.82) is 0 Å². The van der Waals surface area contributed by atoms with Gasteiger partial charge in [-0.1, -0.05) is 13.3 Å². The fourth-order valence-corrected chi connectivity index (χ4v) is 1.56. The van der Waals surface area contributed by atoms with E-state index in [-0.39, 0.29) is 12.4 Å². The van der Waals surface area contributed by atoms with Gasteiger partial charge in [0.25, 0.3) is 0 Å². The van der Waals surface area contributed by atoms with Crippen LogP contribution < -0.4 is 5.32 Å². The fourth-order valence-electron chi connectivity index (χ4n) is 1.56. The molecule has 0 aromatic heterocycles. The van der Waals surface area contributed by atoms with Crippen molar-refractivity contribution in [3.8, 4) is 0 Å². The molecule has 1 N–H and O–H groups in total. The second-order valence-electron chi connectivity index (χ2n) is 3.10. The predicted octanol–water partition coefficient (Wildman–Crippen LogP) is 2.35. The van der Waals surface area contributed by atoms with Gasteiger partial charge in [-0.15, -0.1) is 12.4 Å². The second-order valence-corrected chi connectivity index (χ2v) is 3.10. The molecular formula is C8H18ClN. The van der Waals surface area contributed by atoms with Gasteiger partial charge in [0.05, 0.1) is 0 Å². The maximum absolute atomic E-state index is 3.57. The molecule has 0 aromatic rings. The first-order valence-corrected chi connectivity index (χ1v) is 4.09. The van der Waals surface area contributed by atoms with E-state index in [9.17, 15) is 0 Å². The molecule has 1 heterocycles. The lowest BCUT2D eigenvalue weighted by atomic mass is 9.98. The lowest BCUT2D eigenvalue weighted by Gasteiger charge is -2.27. The molecule has 1 saturated heterocycles. The standard InChI is InChI=1S/C8H17N.ClH/c1-3-8-6-4-5-7(2)9-8;/h7-9H,3-6H2,1-2H3;1H/t7-,8+;/m0./s1. The summed E-state index contributed by atoms with van der Waals surface area (Å²) in [6.45, 7) is 4.54. The summed E-state index contributed by atoms with van der Waals surface area (Å²) < 4.78 is 0. The van der Waals surface area contributed by atoms with Crippen LogP contribution in [0.2, 0.25) is 0 Å². The van der Waals surface area contributed by atoms with Crippen molar-refractivity contribution in [3.63, 3.8) is 0 Å². The summed E-state index contributed by atoms with van der Waals surface area (Å²) in [4.78, 5) is 0. The van der Waals surface area contributed by atoms with Crippen LogP contribution in [0.15, 0.2) is 0 Å². The van der Waals surface area contributed by atoms with Crippen LogP contribution in [0, 0.1) is 0 Å². The van der Waals surface area contributed by atoms with Crippen molar-refractivity contribution in [2.45, 2.75) is 51.6 Å². The zero-order valence-corrected chi connectivity index (χ0v) is 7.71. The van der Waals surface area contributed by atoms with Gasteiger partial charge in [-0.3, -0.25) is 0 Å². The Morgan fingerprint density at radius 1 is 1.40 bits per heavy atom. The van der Waals surface area contributed by atoms with E-state index in [2.05, 4.69) is 19.2 Å². The second kappa shape index (κ2) is 4.97. The topological polar surface area (TPSA) is 12.0 Å². The molecule has 1 fully saturated rings. The summed E-state index contributed by atoms with van der Waals surface area (Å²) in [5, 5.41) is 3.57. The number of rotatable bonds is 1. The lowest BCUT2D eigenvalue weighted by Crippen LogP contribution is -2.39. The number of hydrogen-bond acceptors (Lipinski definition) is 1. The first-order valence-electron chi connectivity index (χ1n) is 4.09. The molecular weight excluding hydrogens is 146 g/mol. The average molecular weight is 164 g/mol. The third-order valence-corrected chi connectivity index (χ3v) is 2.20. The quantitative estimate of drug-likeness (QED) is 0.626. The van der Waals surface area contributed by atoms with Crippen molar-refractivity contribution < 1.29 is 0 Å². The summed E-state index contributed by atoms with van der Waals surface area (Å²) in [5.74, 6) is 0. The zero-order valence-electron chi connectivity index (χ0n) is 6.89. The van der Waals surface area contributed by atoms with Crippen molar-refractivity contribution in [2.75, 3.05) is 0 Å². The van der Waals surface area contributed by atoms with Crippen LogP contribution in [-0.4, -0.2) is 12.1 Å². The van der Waals surface area contributed by atoms with Crippen LogP contribution in [0.5, 0.6) is 0 Å². The smallest absolute Gasteiger partial charge is 0.00669 e. The van der Waals surface area contributed by atoms with Gasteiger partial charge in [-0.2, -0.15) is 0 Å². The van der Waals surface area contributed by atoms with Gasteiger partial charge in [0.15, 0.2) is 0 Å². The van der Waals surface area contributed by atoms with Crippen LogP contribution in [0.25, 0.3) is 0 Å². The molecule has 0 spiro atoms. The van der Waals surface area contributed by atoms with Gasteiger partial charge < -0.3 is 5.32 Å². The average Bonchev–Trinajstić information content (AvgIpc) is 1.88. The minimum atomic E-state index is 0. The number of hydrogen-bond donors (Lipinski definition) is 1. The lowest BCUT2D eigenvalue weighted by molar-refractivity contribution is 0.329. The minimum Gasteiger partial charge on any atom is -0.312 e. The van der Waals surface area contributed by atoms with E-state index >= 15 is 0 Å². The Kier molecular flexibility index (Phi) is 5.10. The monoisotopic (exact) mass is 163 g/mol. The minimum absolute atomic E-state index is 0. The SMILES string of the molecule is CC[C@@H]1CCC[C@H](C)N1.Cl. The number of nitrogens with one attached hydrogen (secondary N) is 1. The molecule has 0 unspecified atom stereocenters. The number of piperidine rings is 1. The largest absolute Gasteiger partial charge is 0.312 e. The molecule has 0 radical (unpaired) electrons. The van der Waals surface area contributed by atoms with E-state index in [4.69, 9.17) is 0 Å². The zero-order chi connectivity index (χ0) is 6.69. The highest BCUT2D eigenvalue weighted by Gasteiger charge is 2.14. The summed E-state index contributed by atoms with van der Waals surface area (Å²) in [6.07, 6.45) is 5.48. The molecule has 1 nitrogen and oxygen atoms in total. The third-order valence-electron chi connectivity index (χ3n) is 2.20. The van der Waals surface area contributed by atoms with E-state index in [1.165, 1.54) is 25.7 Å². The Labute approximate surface area is 70.0 Å². The highest BCUT2D eigenvalue weighted by atomic mass is 35.5. The van der Waals surface area contributed by atoms with E-state index in [0.717, 1.165) is 12.1 Å². The van der Waals surface area contributed by atoms with Crippen LogP contribution >= 0.6 is 12.4 Å². The van der Waals surface area contributed by atoms with E-state index in [0.29, 0.717) is 0 Å². The van der Waals surface area contributed by atoms with Gasteiger partial charge in [0.2, 0.25) is 0 Å². The first-order chi connectivity index (χ1) is 4.33. The van der Waals surface area contributed by atoms with Crippen LogP contribution in [0.4, 0.5) is 0 Å². The van der Waals surface area contributed by atoms with Gasteiger partial charge in [-0.05, 0) is 26.2 Å². The molecule has 0 bridgehead atoms. The molecule has 2 atom stereocenters. The Morgan fingerprint density at radius 3 is 2.50 bits per heavy atom. The maximum atomic E-state index is 3.57. The van der Waals surface area contributed by atoms with E-state index in [1.807, 2.05) is 0 Å². The van der Waals surface area contributed by atoms with Gasteiger partial charge in [0, 0.05) is 12.1 Å². The highest BCUT2D eigenvalue weighted by molar-refractivity contribution is 5.85. The summed E-state index contributed by atoms with van der Waals surface area (Å²) in [6, 6.07) is 1.58. The Hall–Kier alpha value is 0.250. The Balaban J connectivity index is 0.000000810. The van der Waals surface area contributed by atoms with Crippen molar-refractivity contribution in [2.24, 2.45) is 0 Å². The van der Waals surface area contributed by atoms with Gasteiger partial charge >= 0.3 is 0 Å². The molecule has 62 valence electrons. The summed E-state index contributed by atoms with van der Waals surface area (Å²) in [7, 11) is 0. The number of halogens is 1. The molecule has 10 heavy (non-hydrogen) atoms. The highest BCUT2D eigenvalue weighted by Crippen LogP contribution is 2.13. The maximum Gasteiger partial charge on any atom is 0.00669 e. The van der Waals surface area contributed by atoms with Crippen molar-refractivity contribution in [3.05, 3.63) is 0 Å². The normalized spacial score (nSPS) is 33.0. The Morgan fingerprint density at radius 2 is 2.10 bits per heavy atom. The van der Waals surface area contributed by atoms with Crippen molar-refractivity contribution >= 4 is 12.4 Å². The molecule has 1 rings (SSSR count). The first kappa shape index (κ1) is 10.2. The fraction of sp³-hybridized carbons (Fsp3) is 1.00. The molecule has 0 aromatic carbocycles. The van der Waals surface area contributed by atoms with Crippen LogP contribution in [-0.2, 0) is 0 Å². The van der Waals surface area contributed by atoms with Crippen LogP contribution in [0.3, 0.4) is 0 Å². The molecule has 0 saturated carbocycles. The third kappa shape index (κ3) is 2.89. The van der Waals surface area contributed by atoms with E-state index in [1.54, 1.807) is 0 Å². The molecule has 0 amide bonds. The molecule has 0 aliphatic carbocycles. The summed E-state index contributed by atoms with van der Waals surface area (Å²) in [5.41, 5.74) is 0. The summed E-state index contributed by atoms with van der Waals surface area (Å²) >= 11 is 0. The van der Waals surface area contributed by atoms with Crippen LogP contribution in [0.1, 0.15) is 39.5 Å². The predicted molar refractivity (Wildman–Crippen MR) is 47.8 cm³/mol.